The van der Waals surface area contributed by atoms with Gasteiger partial charge in [-0.05, 0) is 19.3 Å². The van der Waals surface area contributed by atoms with Crippen molar-refractivity contribution in [1.82, 2.24) is 25.3 Å². The van der Waals surface area contributed by atoms with Gasteiger partial charge < -0.3 is 15.2 Å². The molecule has 3 aliphatic rings. The number of hydrogen-bond donors (Lipinski definition) is 2. The summed E-state index contributed by atoms with van der Waals surface area (Å²) in [7, 11) is 0. The molecule has 6 nitrogen and oxygen atoms in total. The van der Waals surface area contributed by atoms with Crippen LogP contribution in [0.5, 0.6) is 0 Å². The number of H-pyrrole nitrogens is 1. The Morgan fingerprint density at radius 1 is 1.22 bits per heavy atom. The quantitative estimate of drug-likeness (QED) is 0.837. The standard InChI is InChI=1S/C16H22N6.ClH/c1-16-6-10-7-17-11(16)4-2-3-5-12(16)22(10)15-13-14(19-8-18-13)20-9-21-15;/h8-12,17H,2-7H2,1H3,(H,18,19,20,21);1H/t10-,11+,12?,16+;/m0./s1. The summed E-state index contributed by atoms with van der Waals surface area (Å²) in [6, 6.07) is 1.76. The summed E-state index contributed by atoms with van der Waals surface area (Å²) in [5.74, 6) is 1.05. The van der Waals surface area contributed by atoms with Crippen molar-refractivity contribution in [1.29, 1.82) is 0 Å². The van der Waals surface area contributed by atoms with Crippen LogP contribution in [0.1, 0.15) is 39.0 Å². The number of piperidine rings is 1. The Balaban J connectivity index is 0.00000135. The monoisotopic (exact) mass is 334 g/mol. The first-order valence-electron chi connectivity index (χ1n) is 8.43. The van der Waals surface area contributed by atoms with Gasteiger partial charge in [0.15, 0.2) is 11.5 Å². The third kappa shape index (κ3) is 2.01. The lowest BCUT2D eigenvalue weighted by molar-refractivity contribution is 0.171. The molecule has 2 aliphatic heterocycles. The SMILES string of the molecule is C[C@@]12C[C@H]3CN[C@@H]1CCCCC2N3c1ncnc2nc[nH]c12.Cl. The van der Waals surface area contributed by atoms with Crippen LogP contribution in [0, 0.1) is 5.41 Å². The molecule has 3 fully saturated rings. The topological polar surface area (TPSA) is 69.7 Å². The molecule has 0 spiro atoms. The van der Waals surface area contributed by atoms with Gasteiger partial charge in [0, 0.05) is 30.1 Å². The van der Waals surface area contributed by atoms with Gasteiger partial charge in [0.1, 0.15) is 11.8 Å². The summed E-state index contributed by atoms with van der Waals surface area (Å²) in [5.41, 5.74) is 2.12. The van der Waals surface area contributed by atoms with E-state index in [0.29, 0.717) is 23.5 Å². The summed E-state index contributed by atoms with van der Waals surface area (Å²) in [4.78, 5) is 19.1. The number of nitrogens with one attached hydrogen (secondary N) is 2. The second-order valence-electron chi connectivity index (χ2n) is 7.33. The van der Waals surface area contributed by atoms with Gasteiger partial charge in [-0.3, -0.25) is 0 Å². The van der Waals surface area contributed by atoms with Crippen molar-refractivity contribution in [3.8, 4) is 0 Å². The van der Waals surface area contributed by atoms with Crippen molar-refractivity contribution >= 4 is 29.4 Å². The fourth-order valence-corrected chi connectivity index (χ4v) is 5.23. The van der Waals surface area contributed by atoms with Crippen molar-refractivity contribution in [2.24, 2.45) is 5.41 Å². The van der Waals surface area contributed by atoms with E-state index < -0.39 is 0 Å². The van der Waals surface area contributed by atoms with E-state index in [-0.39, 0.29) is 12.4 Å². The number of halogens is 1. The minimum atomic E-state index is 0. The minimum absolute atomic E-state index is 0. The number of anilines is 1. The van der Waals surface area contributed by atoms with Crippen molar-refractivity contribution in [3.63, 3.8) is 0 Å². The summed E-state index contributed by atoms with van der Waals surface area (Å²) >= 11 is 0. The molecule has 124 valence electrons. The van der Waals surface area contributed by atoms with Crippen LogP contribution in [0.2, 0.25) is 0 Å². The average Bonchev–Trinajstić information content (AvgIpc) is 3.04. The highest BCUT2D eigenvalue weighted by atomic mass is 35.5. The first-order valence-corrected chi connectivity index (χ1v) is 8.43. The Hall–Kier alpha value is -1.40. The molecule has 1 aliphatic carbocycles. The molecule has 4 heterocycles. The minimum Gasteiger partial charge on any atom is -0.347 e. The van der Waals surface area contributed by atoms with Crippen LogP contribution in [0.3, 0.4) is 0 Å². The predicted molar refractivity (Wildman–Crippen MR) is 92.0 cm³/mol. The Bertz CT molecular complexity index is 717. The van der Waals surface area contributed by atoms with Gasteiger partial charge in [-0.15, -0.1) is 12.4 Å². The molecule has 23 heavy (non-hydrogen) atoms. The smallest absolute Gasteiger partial charge is 0.182 e. The van der Waals surface area contributed by atoms with Gasteiger partial charge in [0.25, 0.3) is 0 Å². The van der Waals surface area contributed by atoms with Gasteiger partial charge in [-0.25, -0.2) is 15.0 Å². The van der Waals surface area contributed by atoms with E-state index in [9.17, 15) is 0 Å². The van der Waals surface area contributed by atoms with Crippen molar-refractivity contribution in [2.75, 3.05) is 11.4 Å². The van der Waals surface area contributed by atoms with Gasteiger partial charge in [-0.2, -0.15) is 0 Å². The third-order valence-electron chi connectivity index (χ3n) is 6.23. The second kappa shape index (κ2) is 5.31. The molecule has 1 unspecified atom stereocenters. The lowest BCUT2D eigenvalue weighted by Gasteiger charge is -2.39. The van der Waals surface area contributed by atoms with E-state index >= 15 is 0 Å². The van der Waals surface area contributed by atoms with Gasteiger partial charge in [-0.1, -0.05) is 19.8 Å². The maximum atomic E-state index is 4.65. The molecule has 2 aromatic rings. The first kappa shape index (κ1) is 15.1. The van der Waals surface area contributed by atoms with Crippen molar-refractivity contribution in [2.45, 2.75) is 57.2 Å². The molecule has 2 aromatic heterocycles. The highest BCUT2D eigenvalue weighted by molar-refractivity contribution is 5.85. The molecule has 1 saturated carbocycles. The summed E-state index contributed by atoms with van der Waals surface area (Å²) in [5, 5.41) is 3.82. The molecule has 4 atom stereocenters. The summed E-state index contributed by atoms with van der Waals surface area (Å²) in [6.45, 7) is 3.55. The van der Waals surface area contributed by atoms with E-state index in [1.807, 2.05) is 0 Å². The largest absolute Gasteiger partial charge is 0.347 e. The zero-order valence-electron chi connectivity index (χ0n) is 13.3. The molecular weight excluding hydrogens is 312 g/mol. The number of nitrogens with zero attached hydrogens (tertiary/aromatic N) is 4. The van der Waals surface area contributed by atoms with Crippen molar-refractivity contribution in [3.05, 3.63) is 12.7 Å². The zero-order valence-corrected chi connectivity index (χ0v) is 14.1. The van der Waals surface area contributed by atoms with Crippen LogP contribution in [0.25, 0.3) is 11.2 Å². The molecule has 0 radical (unpaired) electrons. The van der Waals surface area contributed by atoms with Crippen LogP contribution < -0.4 is 10.2 Å². The second-order valence-corrected chi connectivity index (χ2v) is 7.33. The van der Waals surface area contributed by atoms with Gasteiger partial charge >= 0.3 is 0 Å². The number of aromatic amines is 1. The molecule has 0 aromatic carbocycles. The molecule has 2 bridgehead atoms. The van der Waals surface area contributed by atoms with Gasteiger partial charge in [0.05, 0.1) is 6.33 Å². The summed E-state index contributed by atoms with van der Waals surface area (Å²) in [6.07, 6.45) is 9.90. The maximum absolute atomic E-state index is 4.65. The van der Waals surface area contributed by atoms with Crippen LogP contribution in [0.4, 0.5) is 5.82 Å². The number of hydrogen-bond acceptors (Lipinski definition) is 5. The van der Waals surface area contributed by atoms with E-state index in [1.165, 1.54) is 32.1 Å². The number of imidazole rings is 1. The molecule has 2 saturated heterocycles. The van der Waals surface area contributed by atoms with Crippen LogP contribution >= 0.6 is 12.4 Å². The lowest BCUT2D eigenvalue weighted by Crippen LogP contribution is -2.51. The third-order valence-corrected chi connectivity index (χ3v) is 6.23. The Labute approximate surface area is 141 Å². The molecule has 2 N–H and O–H groups in total. The fraction of sp³-hybridized carbons (Fsp3) is 0.688. The highest BCUT2D eigenvalue weighted by Gasteiger charge is 2.56. The zero-order chi connectivity index (χ0) is 14.7. The Morgan fingerprint density at radius 3 is 3.00 bits per heavy atom. The van der Waals surface area contributed by atoms with E-state index in [0.717, 1.165) is 23.5 Å². The molecule has 0 amide bonds. The highest BCUT2D eigenvalue weighted by Crippen LogP contribution is 2.52. The van der Waals surface area contributed by atoms with E-state index in [4.69, 9.17) is 0 Å². The van der Waals surface area contributed by atoms with E-state index in [2.05, 4.69) is 37.1 Å². The van der Waals surface area contributed by atoms with Crippen LogP contribution in [0.15, 0.2) is 12.7 Å². The van der Waals surface area contributed by atoms with Crippen LogP contribution in [-0.2, 0) is 0 Å². The van der Waals surface area contributed by atoms with Crippen LogP contribution in [-0.4, -0.2) is 44.6 Å². The molecule has 5 rings (SSSR count). The fourth-order valence-electron chi connectivity index (χ4n) is 5.23. The number of rotatable bonds is 1. The lowest BCUT2D eigenvalue weighted by atomic mass is 9.72. The van der Waals surface area contributed by atoms with Crippen molar-refractivity contribution < 1.29 is 0 Å². The Kier molecular flexibility index (Phi) is 3.50. The molecular formula is C16H23ClN6. The Morgan fingerprint density at radius 2 is 2.09 bits per heavy atom. The summed E-state index contributed by atoms with van der Waals surface area (Å²) < 4.78 is 0. The first-order chi connectivity index (χ1) is 10.8. The van der Waals surface area contributed by atoms with Gasteiger partial charge in [0.2, 0.25) is 0 Å². The normalized spacial score (nSPS) is 35.9. The number of aromatic nitrogens is 4. The van der Waals surface area contributed by atoms with E-state index in [1.54, 1.807) is 12.7 Å². The molecule has 7 heteroatoms. The average molecular weight is 335 g/mol. The number of fused-ring (bicyclic) bond motifs is 2. The maximum Gasteiger partial charge on any atom is 0.182 e. The predicted octanol–water partition coefficient (Wildman–Crippen LogP) is 2.27.